The highest BCUT2D eigenvalue weighted by molar-refractivity contribution is 7.89. The van der Waals surface area contributed by atoms with Gasteiger partial charge in [-0.15, -0.1) is 11.3 Å². The van der Waals surface area contributed by atoms with Crippen LogP contribution in [0.1, 0.15) is 12.5 Å². The number of thiazole rings is 1. The van der Waals surface area contributed by atoms with Crippen molar-refractivity contribution in [1.82, 2.24) is 9.71 Å². The number of anilines is 1. The number of nitrogens with zero attached hydrogens (tertiary/aromatic N) is 1. The van der Waals surface area contributed by atoms with Crippen molar-refractivity contribution in [1.29, 1.82) is 0 Å². The molecule has 29 heavy (non-hydrogen) atoms. The van der Waals surface area contributed by atoms with Crippen LogP contribution in [-0.4, -0.2) is 32.5 Å². The standard InChI is InChI=1S/C20H21N3O4S2/c1-13-4-10-17(11-5-13)29(25,26)23-14(2)19(24)22-20-21-18(12-28-20)15-6-8-16(27-3)9-7-15/h4-12,14,23H,1-3H3,(H,21,22,24)/t14-/m1/s1. The lowest BCUT2D eigenvalue weighted by molar-refractivity contribution is -0.117. The summed E-state index contributed by atoms with van der Waals surface area (Å²) in [6.07, 6.45) is 0. The average Bonchev–Trinajstić information content (AvgIpc) is 3.16. The van der Waals surface area contributed by atoms with Crippen LogP contribution in [0.4, 0.5) is 5.13 Å². The van der Waals surface area contributed by atoms with Gasteiger partial charge in [-0.1, -0.05) is 17.7 Å². The Morgan fingerprint density at radius 3 is 2.38 bits per heavy atom. The van der Waals surface area contributed by atoms with Crippen LogP contribution in [0.5, 0.6) is 5.75 Å². The van der Waals surface area contributed by atoms with Crippen molar-refractivity contribution >= 4 is 32.4 Å². The lowest BCUT2D eigenvalue weighted by Gasteiger charge is -2.13. The van der Waals surface area contributed by atoms with E-state index in [9.17, 15) is 13.2 Å². The summed E-state index contributed by atoms with van der Waals surface area (Å²) in [7, 11) is -2.20. The number of aryl methyl sites for hydroxylation is 1. The summed E-state index contributed by atoms with van der Waals surface area (Å²) in [5.74, 6) is 0.253. The molecule has 0 radical (unpaired) electrons. The molecule has 152 valence electrons. The maximum absolute atomic E-state index is 12.4. The quantitative estimate of drug-likeness (QED) is 0.597. The van der Waals surface area contributed by atoms with Crippen LogP contribution in [0.2, 0.25) is 0 Å². The van der Waals surface area contributed by atoms with E-state index in [1.54, 1.807) is 19.2 Å². The fourth-order valence-corrected chi connectivity index (χ4v) is 4.44. The summed E-state index contributed by atoms with van der Waals surface area (Å²) >= 11 is 1.26. The fraction of sp³-hybridized carbons (Fsp3) is 0.200. The van der Waals surface area contributed by atoms with E-state index >= 15 is 0 Å². The molecule has 0 saturated heterocycles. The van der Waals surface area contributed by atoms with E-state index in [1.165, 1.54) is 30.4 Å². The lowest BCUT2D eigenvalue weighted by Crippen LogP contribution is -2.41. The number of rotatable bonds is 7. The number of carbonyl (C=O) groups is 1. The number of benzene rings is 2. The first-order valence-corrected chi connectivity index (χ1v) is 11.1. The Balaban J connectivity index is 1.65. The van der Waals surface area contributed by atoms with Gasteiger partial charge in [0.15, 0.2) is 5.13 Å². The monoisotopic (exact) mass is 431 g/mol. The van der Waals surface area contributed by atoms with Gasteiger partial charge < -0.3 is 10.1 Å². The summed E-state index contributed by atoms with van der Waals surface area (Å²) in [4.78, 5) is 16.9. The number of sulfonamides is 1. The molecular weight excluding hydrogens is 410 g/mol. The van der Waals surface area contributed by atoms with Gasteiger partial charge in [0, 0.05) is 10.9 Å². The average molecular weight is 432 g/mol. The summed E-state index contributed by atoms with van der Waals surface area (Å²) in [6, 6.07) is 12.9. The van der Waals surface area contributed by atoms with Crippen LogP contribution < -0.4 is 14.8 Å². The highest BCUT2D eigenvalue weighted by Crippen LogP contribution is 2.26. The van der Waals surface area contributed by atoms with Crippen LogP contribution in [-0.2, 0) is 14.8 Å². The smallest absolute Gasteiger partial charge is 0.244 e. The first-order chi connectivity index (χ1) is 13.8. The minimum Gasteiger partial charge on any atom is -0.497 e. The normalized spacial score (nSPS) is 12.4. The molecule has 0 aliphatic rings. The minimum atomic E-state index is -3.80. The van der Waals surface area contributed by atoms with E-state index < -0.39 is 22.0 Å². The third-order valence-corrected chi connectivity index (χ3v) is 6.49. The first-order valence-electron chi connectivity index (χ1n) is 8.78. The van der Waals surface area contributed by atoms with Crippen molar-refractivity contribution in [2.75, 3.05) is 12.4 Å². The second-order valence-corrected chi connectivity index (χ2v) is 8.98. The van der Waals surface area contributed by atoms with E-state index in [-0.39, 0.29) is 4.90 Å². The van der Waals surface area contributed by atoms with Gasteiger partial charge in [-0.2, -0.15) is 4.72 Å². The minimum absolute atomic E-state index is 0.110. The van der Waals surface area contributed by atoms with Crippen LogP contribution in [0.3, 0.4) is 0 Å². The Hall–Kier alpha value is -2.75. The number of ether oxygens (including phenoxy) is 1. The largest absolute Gasteiger partial charge is 0.497 e. The molecule has 0 fully saturated rings. The van der Waals surface area contributed by atoms with Gasteiger partial charge in [-0.05, 0) is 50.2 Å². The molecule has 0 aliphatic carbocycles. The molecule has 1 heterocycles. The molecule has 3 aromatic rings. The summed E-state index contributed by atoms with van der Waals surface area (Å²) in [5.41, 5.74) is 2.54. The number of hydrogen-bond acceptors (Lipinski definition) is 6. The molecule has 0 unspecified atom stereocenters. The number of nitrogens with one attached hydrogen (secondary N) is 2. The summed E-state index contributed by atoms with van der Waals surface area (Å²) in [6.45, 7) is 3.35. The topological polar surface area (TPSA) is 97.4 Å². The van der Waals surface area contributed by atoms with Crippen molar-refractivity contribution < 1.29 is 17.9 Å². The molecule has 0 aliphatic heterocycles. The molecule has 0 spiro atoms. The molecule has 3 rings (SSSR count). The third-order valence-electron chi connectivity index (χ3n) is 4.18. The Morgan fingerprint density at radius 1 is 1.10 bits per heavy atom. The second kappa shape index (κ2) is 8.73. The van der Waals surface area contributed by atoms with Crippen molar-refractivity contribution in [3.8, 4) is 17.0 Å². The predicted octanol–water partition coefficient (Wildman–Crippen LogP) is 3.43. The molecule has 0 bridgehead atoms. The fourth-order valence-electron chi connectivity index (χ4n) is 2.51. The van der Waals surface area contributed by atoms with Gasteiger partial charge in [0.05, 0.1) is 23.7 Å². The Labute approximate surface area is 173 Å². The number of amides is 1. The Kier molecular flexibility index (Phi) is 6.31. The van der Waals surface area contributed by atoms with E-state index in [2.05, 4.69) is 15.0 Å². The van der Waals surface area contributed by atoms with Crippen LogP contribution in [0.25, 0.3) is 11.3 Å². The second-order valence-electron chi connectivity index (χ2n) is 6.41. The number of aromatic nitrogens is 1. The predicted molar refractivity (Wildman–Crippen MR) is 114 cm³/mol. The number of methoxy groups -OCH3 is 1. The van der Waals surface area contributed by atoms with Crippen molar-refractivity contribution in [2.45, 2.75) is 24.8 Å². The number of hydrogen-bond donors (Lipinski definition) is 2. The van der Waals surface area contributed by atoms with Crippen LogP contribution in [0, 0.1) is 6.92 Å². The van der Waals surface area contributed by atoms with Crippen molar-refractivity contribution in [3.63, 3.8) is 0 Å². The summed E-state index contributed by atoms with van der Waals surface area (Å²) < 4.78 is 32.4. The Bertz CT molecular complexity index is 1090. The highest BCUT2D eigenvalue weighted by Gasteiger charge is 2.22. The van der Waals surface area contributed by atoms with Gasteiger partial charge in [0.2, 0.25) is 15.9 Å². The molecule has 1 aromatic heterocycles. The molecule has 7 nitrogen and oxygen atoms in total. The van der Waals surface area contributed by atoms with E-state index in [4.69, 9.17) is 4.74 Å². The lowest BCUT2D eigenvalue weighted by atomic mass is 10.2. The zero-order chi connectivity index (χ0) is 21.0. The first kappa shape index (κ1) is 21.0. The Morgan fingerprint density at radius 2 is 1.76 bits per heavy atom. The van der Waals surface area contributed by atoms with Crippen molar-refractivity contribution in [2.24, 2.45) is 0 Å². The maximum atomic E-state index is 12.4. The number of carbonyl (C=O) groups excluding carboxylic acids is 1. The molecule has 9 heteroatoms. The van der Waals surface area contributed by atoms with Gasteiger partial charge in [-0.3, -0.25) is 4.79 Å². The molecule has 0 saturated carbocycles. The van der Waals surface area contributed by atoms with Gasteiger partial charge in [0.25, 0.3) is 0 Å². The van der Waals surface area contributed by atoms with Crippen LogP contribution >= 0.6 is 11.3 Å². The van der Waals surface area contributed by atoms with Gasteiger partial charge in [-0.25, -0.2) is 13.4 Å². The highest BCUT2D eigenvalue weighted by atomic mass is 32.2. The van der Waals surface area contributed by atoms with Crippen LogP contribution in [0.15, 0.2) is 58.8 Å². The van der Waals surface area contributed by atoms with E-state index in [0.717, 1.165) is 16.9 Å². The SMILES string of the molecule is COc1ccc(-c2csc(NC(=O)[C@@H](C)NS(=O)(=O)c3ccc(C)cc3)n2)cc1. The molecular formula is C20H21N3O4S2. The molecule has 1 amide bonds. The molecule has 2 N–H and O–H groups in total. The van der Waals surface area contributed by atoms with Gasteiger partial charge in [0.1, 0.15) is 5.75 Å². The van der Waals surface area contributed by atoms with E-state index in [0.29, 0.717) is 10.8 Å². The maximum Gasteiger partial charge on any atom is 0.244 e. The summed E-state index contributed by atoms with van der Waals surface area (Å²) in [5, 5.41) is 4.86. The molecule has 2 aromatic carbocycles. The zero-order valence-electron chi connectivity index (χ0n) is 16.2. The third kappa shape index (κ3) is 5.20. The zero-order valence-corrected chi connectivity index (χ0v) is 17.8. The van der Waals surface area contributed by atoms with Gasteiger partial charge >= 0.3 is 0 Å². The van der Waals surface area contributed by atoms with E-state index in [1.807, 2.05) is 36.6 Å². The molecule has 1 atom stereocenters. The van der Waals surface area contributed by atoms with Crippen molar-refractivity contribution in [3.05, 3.63) is 59.5 Å².